The predicted molar refractivity (Wildman–Crippen MR) is 72.4 cm³/mol. The van der Waals surface area contributed by atoms with Crippen LogP contribution in [0, 0.1) is 0 Å². The van der Waals surface area contributed by atoms with Crippen LogP contribution in [-0.4, -0.2) is 23.3 Å². The lowest BCUT2D eigenvalue weighted by Gasteiger charge is -1.98. The SMILES string of the molecule is CCNC(=O)c1csc(NC(=O)c2cccs2)n1. The molecular weight excluding hydrogens is 270 g/mol. The number of carbonyl (C=O) groups excluding carboxylic acids is 2. The van der Waals surface area contributed by atoms with Gasteiger partial charge in [-0.05, 0) is 18.4 Å². The summed E-state index contributed by atoms with van der Waals surface area (Å²) < 4.78 is 0. The van der Waals surface area contributed by atoms with E-state index in [1.54, 1.807) is 11.4 Å². The molecule has 5 nitrogen and oxygen atoms in total. The Hall–Kier alpha value is -1.73. The molecule has 0 atom stereocenters. The molecule has 0 aliphatic carbocycles. The molecule has 2 aromatic rings. The van der Waals surface area contributed by atoms with Gasteiger partial charge in [0.05, 0.1) is 4.88 Å². The Morgan fingerprint density at radius 2 is 2.17 bits per heavy atom. The maximum atomic E-state index is 11.7. The zero-order valence-corrected chi connectivity index (χ0v) is 11.2. The Morgan fingerprint density at radius 3 is 2.83 bits per heavy atom. The zero-order chi connectivity index (χ0) is 13.0. The van der Waals surface area contributed by atoms with E-state index in [1.165, 1.54) is 22.7 Å². The zero-order valence-electron chi connectivity index (χ0n) is 9.60. The molecular formula is C11H11N3O2S2. The summed E-state index contributed by atoms with van der Waals surface area (Å²) in [6, 6.07) is 3.54. The van der Waals surface area contributed by atoms with E-state index in [0.717, 1.165) is 0 Å². The van der Waals surface area contributed by atoms with E-state index in [9.17, 15) is 9.59 Å². The molecule has 2 N–H and O–H groups in total. The number of nitrogens with one attached hydrogen (secondary N) is 2. The fourth-order valence-electron chi connectivity index (χ4n) is 1.25. The van der Waals surface area contributed by atoms with Crippen molar-refractivity contribution in [3.05, 3.63) is 33.5 Å². The van der Waals surface area contributed by atoms with Crippen LogP contribution in [-0.2, 0) is 0 Å². The summed E-state index contributed by atoms with van der Waals surface area (Å²) in [6.45, 7) is 2.39. The highest BCUT2D eigenvalue weighted by molar-refractivity contribution is 7.14. The van der Waals surface area contributed by atoms with Gasteiger partial charge >= 0.3 is 0 Å². The first-order valence-electron chi connectivity index (χ1n) is 5.29. The molecule has 2 rings (SSSR count). The first-order chi connectivity index (χ1) is 8.70. The van der Waals surface area contributed by atoms with Crippen molar-refractivity contribution in [3.8, 4) is 0 Å². The molecule has 0 bridgehead atoms. The summed E-state index contributed by atoms with van der Waals surface area (Å²) >= 11 is 2.59. The number of aromatic nitrogens is 1. The third-order valence-electron chi connectivity index (χ3n) is 2.04. The normalized spacial score (nSPS) is 10.1. The number of thiophene rings is 1. The fraction of sp³-hybridized carbons (Fsp3) is 0.182. The Morgan fingerprint density at radius 1 is 1.33 bits per heavy atom. The van der Waals surface area contributed by atoms with Crippen molar-refractivity contribution < 1.29 is 9.59 Å². The van der Waals surface area contributed by atoms with Crippen molar-refractivity contribution in [1.29, 1.82) is 0 Å². The monoisotopic (exact) mass is 281 g/mol. The first kappa shape index (κ1) is 12.7. The van der Waals surface area contributed by atoms with Crippen molar-refractivity contribution >= 4 is 39.6 Å². The van der Waals surface area contributed by atoms with Crippen molar-refractivity contribution in [1.82, 2.24) is 10.3 Å². The summed E-state index contributed by atoms with van der Waals surface area (Å²) in [6.07, 6.45) is 0. The molecule has 7 heteroatoms. The Labute approximate surface area is 112 Å². The van der Waals surface area contributed by atoms with Gasteiger partial charge in [-0.3, -0.25) is 14.9 Å². The Balaban J connectivity index is 2.03. The van der Waals surface area contributed by atoms with Crippen LogP contribution in [0.1, 0.15) is 27.1 Å². The van der Waals surface area contributed by atoms with Gasteiger partial charge in [-0.2, -0.15) is 0 Å². The quantitative estimate of drug-likeness (QED) is 0.902. The standard InChI is InChI=1S/C11H11N3O2S2/c1-2-12-9(15)7-6-18-11(13-7)14-10(16)8-4-3-5-17-8/h3-6H,2H2,1H3,(H,12,15)(H,13,14,16). The molecule has 18 heavy (non-hydrogen) atoms. The van der Waals surface area contributed by atoms with Gasteiger partial charge in [-0.1, -0.05) is 6.07 Å². The van der Waals surface area contributed by atoms with E-state index < -0.39 is 0 Å². The van der Waals surface area contributed by atoms with E-state index >= 15 is 0 Å². The molecule has 0 spiro atoms. The molecule has 2 aromatic heterocycles. The van der Waals surface area contributed by atoms with E-state index in [1.807, 2.05) is 18.4 Å². The number of thiazole rings is 1. The van der Waals surface area contributed by atoms with Crippen LogP contribution in [0.5, 0.6) is 0 Å². The molecule has 0 saturated carbocycles. The summed E-state index contributed by atoms with van der Waals surface area (Å²) in [7, 11) is 0. The van der Waals surface area contributed by atoms with E-state index in [0.29, 0.717) is 22.2 Å². The Kier molecular flexibility index (Phi) is 4.06. The number of carbonyl (C=O) groups is 2. The van der Waals surface area contributed by atoms with Crippen molar-refractivity contribution in [2.24, 2.45) is 0 Å². The molecule has 94 valence electrons. The average molecular weight is 281 g/mol. The van der Waals surface area contributed by atoms with Crippen LogP contribution in [0.3, 0.4) is 0 Å². The third kappa shape index (κ3) is 2.93. The van der Waals surface area contributed by atoms with Crippen LogP contribution >= 0.6 is 22.7 Å². The highest BCUT2D eigenvalue weighted by Gasteiger charge is 2.12. The van der Waals surface area contributed by atoms with Crippen LogP contribution < -0.4 is 10.6 Å². The molecule has 0 aliphatic heterocycles. The topological polar surface area (TPSA) is 71.1 Å². The maximum Gasteiger partial charge on any atom is 0.270 e. The molecule has 2 amide bonds. The van der Waals surface area contributed by atoms with Gasteiger partial charge < -0.3 is 5.32 Å². The highest BCUT2D eigenvalue weighted by Crippen LogP contribution is 2.17. The van der Waals surface area contributed by atoms with Crippen molar-refractivity contribution in [2.45, 2.75) is 6.92 Å². The summed E-state index contributed by atoms with van der Waals surface area (Å²) in [5, 5.41) is 9.19. The number of rotatable bonds is 4. The second kappa shape index (κ2) is 5.74. The van der Waals surface area contributed by atoms with Gasteiger partial charge in [0.15, 0.2) is 5.13 Å². The molecule has 0 saturated heterocycles. The minimum atomic E-state index is -0.231. The lowest BCUT2D eigenvalue weighted by molar-refractivity contribution is 0.0950. The number of hydrogen-bond acceptors (Lipinski definition) is 5. The Bertz CT molecular complexity index is 548. The second-order valence-electron chi connectivity index (χ2n) is 3.33. The van der Waals surface area contributed by atoms with E-state index in [4.69, 9.17) is 0 Å². The van der Waals surface area contributed by atoms with Crippen LogP contribution in [0.15, 0.2) is 22.9 Å². The van der Waals surface area contributed by atoms with Gasteiger partial charge in [0.25, 0.3) is 11.8 Å². The van der Waals surface area contributed by atoms with Crippen molar-refractivity contribution in [3.63, 3.8) is 0 Å². The van der Waals surface area contributed by atoms with Gasteiger partial charge in [0, 0.05) is 11.9 Å². The molecule has 2 heterocycles. The van der Waals surface area contributed by atoms with Crippen LogP contribution in [0.4, 0.5) is 5.13 Å². The summed E-state index contributed by atoms with van der Waals surface area (Å²) in [4.78, 5) is 27.9. The number of anilines is 1. The fourth-order valence-corrected chi connectivity index (χ4v) is 2.56. The van der Waals surface area contributed by atoms with Gasteiger partial charge in [0.1, 0.15) is 5.69 Å². The van der Waals surface area contributed by atoms with Crippen LogP contribution in [0.25, 0.3) is 0 Å². The molecule has 0 radical (unpaired) electrons. The van der Waals surface area contributed by atoms with E-state index in [-0.39, 0.29) is 11.8 Å². The molecule has 0 unspecified atom stereocenters. The van der Waals surface area contributed by atoms with E-state index in [2.05, 4.69) is 15.6 Å². The van der Waals surface area contributed by atoms with Gasteiger partial charge in [-0.15, -0.1) is 22.7 Å². The number of hydrogen-bond donors (Lipinski definition) is 2. The average Bonchev–Trinajstić information content (AvgIpc) is 2.99. The minimum Gasteiger partial charge on any atom is -0.351 e. The van der Waals surface area contributed by atoms with Crippen LogP contribution in [0.2, 0.25) is 0 Å². The highest BCUT2D eigenvalue weighted by atomic mass is 32.1. The number of amides is 2. The second-order valence-corrected chi connectivity index (χ2v) is 5.13. The minimum absolute atomic E-state index is 0.207. The van der Waals surface area contributed by atoms with Crippen molar-refractivity contribution in [2.75, 3.05) is 11.9 Å². The predicted octanol–water partition coefficient (Wildman–Crippen LogP) is 2.21. The molecule has 0 aliphatic rings. The molecule has 0 fully saturated rings. The lowest BCUT2D eigenvalue weighted by atomic mass is 10.4. The summed E-state index contributed by atoms with van der Waals surface area (Å²) in [5.41, 5.74) is 0.323. The largest absolute Gasteiger partial charge is 0.351 e. The summed E-state index contributed by atoms with van der Waals surface area (Å²) in [5.74, 6) is -0.438. The lowest BCUT2D eigenvalue weighted by Crippen LogP contribution is -2.23. The maximum absolute atomic E-state index is 11.7. The smallest absolute Gasteiger partial charge is 0.270 e. The van der Waals surface area contributed by atoms with Gasteiger partial charge in [0.2, 0.25) is 0 Å². The number of nitrogens with zero attached hydrogens (tertiary/aromatic N) is 1. The van der Waals surface area contributed by atoms with Gasteiger partial charge in [-0.25, -0.2) is 4.98 Å². The third-order valence-corrected chi connectivity index (χ3v) is 3.67. The molecule has 0 aromatic carbocycles. The first-order valence-corrected chi connectivity index (χ1v) is 7.05.